The Balaban J connectivity index is 1.91. The van der Waals surface area contributed by atoms with Crippen LogP contribution in [0, 0.1) is 11.3 Å². The van der Waals surface area contributed by atoms with Crippen LogP contribution >= 0.6 is 0 Å². The summed E-state index contributed by atoms with van der Waals surface area (Å²) in [5, 5.41) is 16.7. The van der Waals surface area contributed by atoms with Crippen molar-refractivity contribution in [2.75, 3.05) is 19.0 Å². The first-order chi connectivity index (χ1) is 11.7. The van der Waals surface area contributed by atoms with E-state index in [0.717, 1.165) is 23.5 Å². The highest BCUT2D eigenvalue weighted by atomic mass is 16.5. The molecule has 122 valence electrons. The highest BCUT2D eigenvalue weighted by Crippen LogP contribution is 2.28. The van der Waals surface area contributed by atoms with Crippen molar-refractivity contribution in [3.63, 3.8) is 0 Å². The second kappa shape index (κ2) is 6.92. The molecule has 6 nitrogen and oxygen atoms in total. The fourth-order valence-corrected chi connectivity index (χ4v) is 2.46. The van der Waals surface area contributed by atoms with Crippen LogP contribution in [0.15, 0.2) is 42.7 Å². The van der Waals surface area contributed by atoms with Gasteiger partial charge in [-0.2, -0.15) is 10.4 Å². The summed E-state index contributed by atoms with van der Waals surface area (Å²) in [6.45, 7) is 3.20. The van der Waals surface area contributed by atoms with Crippen molar-refractivity contribution >= 4 is 11.2 Å². The molecule has 3 rings (SSSR count). The number of hydrogen-bond donors (Lipinski definition) is 1. The Hall–Kier alpha value is -3.20. The van der Waals surface area contributed by atoms with Crippen LogP contribution < -0.4 is 14.8 Å². The Bertz CT molecular complexity index is 878. The minimum atomic E-state index is 0.394. The highest BCUT2D eigenvalue weighted by molar-refractivity contribution is 5.72. The van der Waals surface area contributed by atoms with Gasteiger partial charge in [-0.05, 0) is 24.6 Å². The lowest BCUT2D eigenvalue weighted by Crippen LogP contribution is -2.03. The van der Waals surface area contributed by atoms with Crippen LogP contribution in [-0.2, 0) is 6.61 Å². The number of benzene rings is 1. The van der Waals surface area contributed by atoms with Gasteiger partial charge in [-0.3, -0.25) is 0 Å². The van der Waals surface area contributed by atoms with Crippen LogP contribution in [0.25, 0.3) is 5.52 Å². The van der Waals surface area contributed by atoms with Crippen LogP contribution in [0.4, 0.5) is 5.69 Å². The molecule has 0 fully saturated rings. The number of methoxy groups -OCH3 is 1. The third-order valence-corrected chi connectivity index (χ3v) is 3.63. The van der Waals surface area contributed by atoms with Gasteiger partial charge in [0.2, 0.25) is 0 Å². The zero-order valence-corrected chi connectivity index (χ0v) is 13.6. The second-order valence-electron chi connectivity index (χ2n) is 5.22. The lowest BCUT2D eigenvalue weighted by Gasteiger charge is -2.12. The van der Waals surface area contributed by atoms with Crippen molar-refractivity contribution in [2.45, 2.75) is 13.5 Å². The van der Waals surface area contributed by atoms with Crippen molar-refractivity contribution < 1.29 is 9.47 Å². The predicted molar refractivity (Wildman–Crippen MR) is 91.4 cm³/mol. The molecule has 2 aromatic heterocycles. The largest absolute Gasteiger partial charge is 0.497 e. The normalized spacial score (nSPS) is 10.4. The van der Waals surface area contributed by atoms with Crippen LogP contribution in [-0.4, -0.2) is 23.3 Å². The lowest BCUT2D eigenvalue weighted by molar-refractivity contribution is 0.308. The first-order valence-electron chi connectivity index (χ1n) is 7.66. The van der Waals surface area contributed by atoms with Crippen molar-refractivity contribution in [3.05, 3.63) is 53.9 Å². The average Bonchev–Trinajstić information content (AvgIpc) is 3.03. The van der Waals surface area contributed by atoms with Gasteiger partial charge in [0.15, 0.2) is 0 Å². The zero-order valence-electron chi connectivity index (χ0n) is 13.6. The maximum absolute atomic E-state index is 9.28. The van der Waals surface area contributed by atoms with E-state index in [1.165, 1.54) is 0 Å². The molecule has 0 spiro atoms. The molecule has 2 heterocycles. The van der Waals surface area contributed by atoms with Gasteiger partial charge in [-0.15, -0.1) is 0 Å². The van der Waals surface area contributed by atoms with Crippen molar-refractivity contribution in [3.8, 4) is 17.6 Å². The number of hydrogen-bond acceptors (Lipinski definition) is 5. The number of anilines is 1. The SMILES string of the molecule is CCNc1cc(OCc2ccc(OC)cc2)c2c(C#N)cnn2c1. The van der Waals surface area contributed by atoms with Gasteiger partial charge in [-0.25, -0.2) is 4.52 Å². The molecular weight excluding hydrogens is 304 g/mol. The zero-order chi connectivity index (χ0) is 16.9. The number of nitrogens with zero attached hydrogens (tertiary/aromatic N) is 3. The molecule has 0 radical (unpaired) electrons. The Morgan fingerprint density at radius 3 is 2.75 bits per heavy atom. The number of pyridine rings is 1. The first-order valence-corrected chi connectivity index (χ1v) is 7.66. The summed E-state index contributed by atoms with van der Waals surface area (Å²) >= 11 is 0. The van der Waals surface area contributed by atoms with E-state index in [9.17, 15) is 5.26 Å². The van der Waals surface area contributed by atoms with E-state index in [1.54, 1.807) is 17.8 Å². The summed E-state index contributed by atoms with van der Waals surface area (Å²) < 4.78 is 12.8. The summed E-state index contributed by atoms with van der Waals surface area (Å²) in [4.78, 5) is 0. The molecule has 0 amide bonds. The highest BCUT2D eigenvalue weighted by Gasteiger charge is 2.12. The molecule has 0 aliphatic carbocycles. The quantitative estimate of drug-likeness (QED) is 0.754. The summed E-state index contributed by atoms with van der Waals surface area (Å²) in [7, 11) is 1.64. The van der Waals surface area contributed by atoms with Gasteiger partial charge < -0.3 is 14.8 Å². The third-order valence-electron chi connectivity index (χ3n) is 3.63. The molecule has 6 heteroatoms. The van der Waals surface area contributed by atoms with Crippen molar-refractivity contribution in [2.24, 2.45) is 0 Å². The number of nitrogens with one attached hydrogen (secondary N) is 1. The smallest absolute Gasteiger partial charge is 0.149 e. The van der Waals surface area contributed by atoms with Gasteiger partial charge in [-0.1, -0.05) is 12.1 Å². The minimum Gasteiger partial charge on any atom is -0.497 e. The molecule has 3 aromatic rings. The van der Waals surface area contributed by atoms with E-state index < -0.39 is 0 Å². The van der Waals surface area contributed by atoms with Crippen LogP contribution in [0.1, 0.15) is 18.1 Å². The molecular formula is C18H18N4O2. The Labute approximate surface area is 140 Å². The maximum Gasteiger partial charge on any atom is 0.149 e. The average molecular weight is 322 g/mol. The number of ether oxygens (including phenoxy) is 2. The van der Waals surface area contributed by atoms with Crippen molar-refractivity contribution in [1.29, 1.82) is 5.26 Å². The van der Waals surface area contributed by atoms with Crippen LogP contribution in [0.2, 0.25) is 0 Å². The lowest BCUT2D eigenvalue weighted by atomic mass is 10.2. The molecule has 0 unspecified atom stereocenters. The van der Waals surface area contributed by atoms with E-state index in [-0.39, 0.29) is 0 Å². The summed E-state index contributed by atoms with van der Waals surface area (Å²) in [5.74, 6) is 1.43. The van der Waals surface area contributed by atoms with Gasteiger partial charge in [0.1, 0.15) is 35.3 Å². The number of aromatic nitrogens is 2. The summed E-state index contributed by atoms with van der Waals surface area (Å²) in [5.41, 5.74) is 3.07. The number of fused-ring (bicyclic) bond motifs is 1. The van der Waals surface area contributed by atoms with Gasteiger partial charge in [0.25, 0.3) is 0 Å². The second-order valence-corrected chi connectivity index (χ2v) is 5.22. The van der Waals surface area contributed by atoms with E-state index in [4.69, 9.17) is 9.47 Å². The fraction of sp³-hybridized carbons (Fsp3) is 0.222. The summed E-state index contributed by atoms with van der Waals surface area (Å²) in [6.07, 6.45) is 3.39. The van der Waals surface area contributed by atoms with E-state index in [2.05, 4.69) is 16.5 Å². The molecule has 0 saturated carbocycles. The van der Waals surface area contributed by atoms with Crippen LogP contribution in [0.3, 0.4) is 0 Å². The summed E-state index contributed by atoms with van der Waals surface area (Å²) in [6, 6.07) is 11.7. The van der Waals surface area contributed by atoms with E-state index >= 15 is 0 Å². The molecule has 1 aromatic carbocycles. The molecule has 0 atom stereocenters. The van der Waals surface area contributed by atoms with Gasteiger partial charge in [0, 0.05) is 12.6 Å². The monoisotopic (exact) mass is 322 g/mol. The Morgan fingerprint density at radius 1 is 1.29 bits per heavy atom. The number of nitriles is 1. The topological polar surface area (TPSA) is 71.6 Å². The van der Waals surface area contributed by atoms with Crippen LogP contribution in [0.5, 0.6) is 11.5 Å². The Kier molecular flexibility index (Phi) is 4.52. The van der Waals surface area contributed by atoms with Crippen molar-refractivity contribution in [1.82, 2.24) is 9.61 Å². The molecule has 0 aliphatic rings. The molecule has 0 bridgehead atoms. The molecule has 0 saturated heterocycles. The third kappa shape index (κ3) is 3.10. The minimum absolute atomic E-state index is 0.394. The Morgan fingerprint density at radius 2 is 2.08 bits per heavy atom. The number of rotatable bonds is 6. The predicted octanol–water partition coefficient (Wildman–Crippen LogP) is 3.23. The standard InChI is InChI=1S/C18H18N4O2/c1-3-20-15-8-17(18-14(9-19)10-21-22(18)11-15)24-12-13-4-6-16(23-2)7-5-13/h4-8,10-11,20H,3,12H2,1-2H3. The molecule has 24 heavy (non-hydrogen) atoms. The maximum atomic E-state index is 9.28. The molecule has 0 aliphatic heterocycles. The van der Waals surface area contributed by atoms with E-state index in [1.807, 2.05) is 43.5 Å². The van der Waals surface area contributed by atoms with Gasteiger partial charge >= 0.3 is 0 Å². The molecule has 1 N–H and O–H groups in total. The van der Waals surface area contributed by atoms with Gasteiger partial charge in [0.05, 0.1) is 25.2 Å². The fourth-order valence-electron chi connectivity index (χ4n) is 2.46. The van der Waals surface area contributed by atoms with E-state index in [0.29, 0.717) is 23.4 Å². The first kappa shape index (κ1) is 15.7.